The smallest absolute Gasteiger partial charge is 0.245 e. The fourth-order valence-corrected chi connectivity index (χ4v) is 6.52. The zero-order valence-corrected chi connectivity index (χ0v) is 26.7. The first-order chi connectivity index (χ1) is 19.9. The molecule has 2 aromatic carbocycles. The predicted molar refractivity (Wildman–Crippen MR) is 170 cm³/mol. The highest BCUT2D eigenvalue weighted by Crippen LogP contribution is 2.27. The van der Waals surface area contributed by atoms with Crippen LogP contribution in [0, 0.1) is 11.3 Å². The number of fused-ring (bicyclic) bond motifs is 1. The molecule has 2 aromatic rings. The van der Waals surface area contributed by atoms with Crippen molar-refractivity contribution in [2.75, 3.05) is 39.0 Å². The molecule has 2 aliphatic heterocycles. The zero-order valence-electron chi connectivity index (χ0n) is 26.7. The molecule has 0 radical (unpaired) electrons. The van der Waals surface area contributed by atoms with E-state index in [1.165, 1.54) is 0 Å². The number of hydrogen-bond donors (Lipinski definition) is 2. The Kier molecular flexibility index (Phi) is 10.3. The normalized spacial score (nSPS) is 21.7. The molecule has 4 rings (SSSR count). The Bertz CT molecular complexity index is 1260. The van der Waals surface area contributed by atoms with E-state index in [0.29, 0.717) is 6.54 Å². The summed E-state index contributed by atoms with van der Waals surface area (Å²) in [5, 5.41) is 8.52. The molecule has 230 valence electrons. The number of hydrogen-bond acceptors (Lipinski definition) is 5. The predicted octanol–water partition coefficient (Wildman–Crippen LogP) is 4.74. The van der Waals surface area contributed by atoms with Gasteiger partial charge in [-0.3, -0.25) is 24.2 Å². The highest BCUT2D eigenvalue weighted by molar-refractivity contribution is 5.97. The van der Waals surface area contributed by atoms with Crippen molar-refractivity contribution in [1.82, 2.24) is 20.0 Å². The molecule has 4 atom stereocenters. The number of carbonyl (C=O) groups is 3. The molecular formula is C34H51N5O3. The van der Waals surface area contributed by atoms with Gasteiger partial charge in [0.05, 0.1) is 12.1 Å². The summed E-state index contributed by atoms with van der Waals surface area (Å²) in [5.41, 5.74) is 0.344. The fourth-order valence-electron chi connectivity index (χ4n) is 6.52. The number of likely N-dealkylation sites (tertiary alicyclic amines) is 2. The third-order valence-electron chi connectivity index (χ3n) is 9.19. The topological polar surface area (TPSA) is 85.0 Å². The van der Waals surface area contributed by atoms with Crippen molar-refractivity contribution >= 4 is 34.2 Å². The molecule has 0 spiro atoms. The molecule has 0 aromatic heterocycles. The van der Waals surface area contributed by atoms with E-state index in [1.807, 2.05) is 76.2 Å². The lowest BCUT2D eigenvalue weighted by molar-refractivity contribution is -0.142. The van der Waals surface area contributed by atoms with E-state index < -0.39 is 11.5 Å². The molecule has 0 saturated carbocycles. The van der Waals surface area contributed by atoms with Gasteiger partial charge in [0.2, 0.25) is 17.7 Å². The molecule has 3 unspecified atom stereocenters. The molecule has 2 aliphatic rings. The standard InChI is InChI=1S/C34H51N5O3/c1-23(2)29(38(7)33(42)30(34(3,4)5)36-31(40)27-15-10-11-19-37(27)6)22-39-20-12-16-28(39)32(41)35-26-18-17-24-13-8-9-14-25(24)21-26/h8-9,13-14,17-18,21,23,27-30H,10-12,15-16,19-20,22H2,1-7H3,(H,35,41)(H,36,40)/t27?,28?,29-,30?/m1/s1. The number of rotatable bonds is 9. The quantitative estimate of drug-likeness (QED) is 0.450. The van der Waals surface area contributed by atoms with Crippen LogP contribution in [0.25, 0.3) is 10.8 Å². The molecule has 2 heterocycles. The Balaban J connectivity index is 1.45. The lowest BCUT2D eigenvalue weighted by atomic mass is 9.84. The maximum atomic E-state index is 14.1. The van der Waals surface area contributed by atoms with Crippen LogP contribution in [0.3, 0.4) is 0 Å². The third kappa shape index (κ3) is 7.51. The minimum absolute atomic E-state index is 0.00398. The average Bonchev–Trinajstić information content (AvgIpc) is 3.42. The largest absolute Gasteiger partial charge is 0.342 e. The SMILES string of the molecule is CC(C)[C@@H](CN1CCCC1C(=O)Nc1ccc2ccccc2c1)N(C)C(=O)C(NC(=O)C1CCCCN1C)C(C)(C)C. The van der Waals surface area contributed by atoms with Gasteiger partial charge in [-0.25, -0.2) is 0 Å². The molecule has 2 saturated heterocycles. The summed E-state index contributed by atoms with van der Waals surface area (Å²) in [6.45, 7) is 12.6. The van der Waals surface area contributed by atoms with Crippen molar-refractivity contribution in [3.05, 3.63) is 42.5 Å². The number of amides is 3. The summed E-state index contributed by atoms with van der Waals surface area (Å²) in [4.78, 5) is 47.0. The molecular weight excluding hydrogens is 526 g/mol. The molecule has 8 nitrogen and oxygen atoms in total. The Morgan fingerprint density at radius 3 is 2.29 bits per heavy atom. The van der Waals surface area contributed by atoms with Crippen LogP contribution >= 0.6 is 0 Å². The van der Waals surface area contributed by atoms with E-state index >= 15 is 0 Å². The maximum Gasteiger partial charge on any atom is 0.245 e. The van der Waals surface area contributed by atoms with Crippen molar-refractivity contribution in [3.63, 3.8) is 0 Å². The number of likely N-dealkylation sites (N-methyl/N-ethyl adjacent to an activating group) is 2. The fraction of sp³-hybridized carbons (Fsp3) is 0.618. The van der Waals surface area contributed by atoms with Crippen molar-refractivity contribution < 1.29 is 14.4 Å². The molecule has 42 heavy (non-hydrogen) atoms. The van der Waals surface area contributed by atoms with Crippen molar-refractivity contribution in [3.8, 4) is 0 Å². The van der Waals surface area contributed by atoms with E-state index in [9.17, 15) is 14.4 Å². The average molecular weight is 578 g/mol. The highest BCUT2D eigenvalue weighted by Gasteiger charge is 2.41. The Morgan fingerprint density at radius 1 is 0.929 bits per heavy atom. The molecule has 0 bridgehead atoms. The molecule has 3 amide bonds. The first-order valence-corrected chi connectivity index (χ1v) is 15.7. The van der Waals surface area contributed by atoms with E-state index in [2.05, 4.69) is 40.3 Å². The van der Waals surface area contributed by atoms with E-state index in [-0.39, 0.29) is 41.8 Å². The van der Waals surface area contributed by atoms with Crippen LogP contribution < -0.4 is 10.6 Å². The maximum absolute atomic E-state index is 14.1. The monoisotopic (exact) mass is 577 g/mol. The minimum atomic E-state index is -0.642. The lowest BCUT2D eigenvalue weighted by Crippen LogP contribution is -2.61. The van der Waals surface area contributed by atoms with Crippen LogP contribution in [0.2, 0.25) is 0 Å². The van der Waals surface area contributed by atoms with Crippen LogP contribution in [0.5, 0.6) is 0 Å². The highest BCUT2D eigenvalue weighted by atomic mass is 16.2. The number of carbonyl (C=O) groups excluding carboxylic acids is 3. The van der Waals surface area contributed by atoms with E-state index in [1.54, 1.807) is 0 Å². The first-order valence-electron chi connectivity index (χ1n) is 15.7. The molecule has 2 fully saturated rings. The van der Waals surface area contributed by atoms with Crippen LogP contribution in [0.1, 0.15) is 66.7 Å². The molecule has 2 N–H and O–H groups in total. The van der Waals surface area contributed by atoms with Gasteiger partial charge in [0.15, 0.2) is 0 Å². The van der Waals surface area contributed by atoms with Gasteiger partial charge in [0.1, 0.15) is 6.04 Å². The Morgan fingerprint density at radius 2 is 1.62 bits per heavy atom. The Labute approximate surface area is 252 Å². The zero-order chi connectivity index (χ0) is 30.6. The number of nitrogens with one attached hydrogen (secondary N) is 2. The second kappa shape index (κ2) is 13.6. The molecule has 8 heteroatoms. The number of benzene rings is 2. The third-order valence-corrected chi connectivity index (χ3v) is 9.19. The van der Waals surface area contributed by atoms with Crippen molar-refractivity contribution in [1.29, 1.82) is 0 Å². The summed E-state index contributed by atoms with van der Waals surface area (Å²) in [6, 6.07) is 12.9. The summed E-state index contributed by atoms with van der Waals surface area (Å²) in [5.74, 6) is 0.0227. The van der Waals surface area contributed by atoms with Gasteiger partial charge in [-0.2, -0.15) is 0 Å². The van der Waals surface area contributed by atoms with Gasteiger partial charge in [0.25, 0.3) is 0 Å². The van der Waals surface area contributed by atoms with Gasteiger partial charge < -0.3 is 15.5 Å². The van der Waals surface area contributed by atoms with Gasteiger partial charge >= 0.3 is 0 Å². The van der Waals surface area contributed by atoms with Gasteiger partial charge in [-0.05, 0) is 80.1 Å². The van der Waals surface area contributed by atoms with Gasteiger partial charge in [0, 0.05) is 25.3 Å². The number of piperidine rings is 1. The van der Waals surface area contributed by atoms with Crippen molar-refractivity contribution in [2.45, 2.75) is 90.9 Å². The Hall–Kier alpha value is -2.97. The van der Waals surface area contributed by atoms with Crippen LogP contribution in [-0.2, 0) is 14.4 Å². The summed E-state index contributed by atoms with van der Waals surface area (Å²) < 4.78 is 0. The second-order valence-corrected chi connectivity index (χ2v) is 13.8. The first kappa shape index (κ1) is 32.0. The molecule has 0 aliphatic carbocycles. The summed E-state index contributed by atoms with van der Waals surface area (Å²) >= 11 is 0. The van der Waals surface area contributed by atoms with Crippen molar-refractivity contribution in [2.24, 2.45) is 11.3 Å². The minimum Gasteiger partial charge on any atom is -0.342 e. The van der Waals surface area contributed by atoms with Gasteiger partial charge in [-0.15, -0.1) is 0 Å². The van der Waals surface area contributed by atoms with E-state index in [4.69, 9.17) is 0 Å². The summed E-state index contributed by atoms with van der Waals surface area (Å²) in [6.07, 6.45) is 4.66. The number of nitrogens with zero attached hydrogens (tertiary/aromatic N) is 3. The van der Waals surface area contributed by atoms with Crippen LogP contribution in [-0.4, -0.2) is 90.3 Å². The van der Waals surface area contributed by atoms with Crippen LogP contribution in [0.15, 0.2) is 42.5 Å². The van der Waals surface area contributed by atoms with E-state index in [0.717, 1.165) is 61.7 Å². The summed E-state index contributed by atoms with van der Waals surface area (Å²) in [7, 11) is 3.84. The second-order valence-electron chi connectivity index (χ2n) is 13.8. The number of anilines is 1. The lowest BCUT2D eigenvalue weighted by Gasteiger charge is -2.41. The van der Waals surface area contributed by atoms with Gasteiger partial charge in [-0.1, -0.05) is 71.4 Å². The van der Waals surface area contributed by atoms with Crippen LogP contribution in [0.4, 0.5) is 5.69 Å².